The second-order valence-electron chi connectivity index (χ2n) is 3.95. The third kappa shape index (κ3) is 3.23. The number of nitrogens with one attached hydrogen (secondary N) is 1. The summed E-state index contributed by atoms with van der Waals surface area (Å²) in [5, 5.41) is 10.9. The molecule has 0 bridgehead atoms. The van der Waals surface area contributed by atoms with E-state index in [1.165, 1.54) is 6.07 Å². The minimum Gasteiger partial charge on any atom is -0.399 e. The van der Waals surface area contributed by atoms with Crippen molar-refractivity contribution in [3.05, 3.63) is 52.5 Å². The van der Waals surface area contributed by atoms with Crippen LogP contribution < -0.4 is 10.5 Å². The van der Waals surface area contributed by atoms with Gasteiger partial charge in [-0.25, -0.2) is 17.8 Å². The first-order valence-electron chi connectivity index (χ1n) is 5.48. The topological polar surface area (TPSA) is 128 Å². The molecule has 1 heterocycles. The molecule has 0 atom stereocenters. The zero-order valence-corrected chi connectivity index (χ0v) is 11.2. The molecule has 1 aromatic heterocycles. The summed E-state index contributed by atoms with van der Waals surface area (Å²) in [6, 6.07) is 5.27. The van der Waals surface area contributed by atoms with Gasteiger partial charge in [-0.1, -0.05) is 0 Å². The number of pyridine rings is 1. The van der Waals surface area contributed by atoms with Crippen LogP contribution in [0.15, 0.2) is 41.4 Å². The number of halogens is 1. The summed E-state index contributed by atoms with van der Waals surface area (Å²) < 4.78 is 39.0. The van der Waals surface area contributed by atoms with Gasteiger partial charge in [-0.15, -0.1) is 0 Å². The molecule has 3 N–H and O–H groups in total. The maximum absolute atomic E-state index is 12.7. The first-order chi connectivity index (χ1) is 9.79. The van der Waals surface area contributed by atoms with Crippen molar-refractivity contribution < 1.29 is 17.7 Å². The fourth-order valence-electron chi connectivity index (χ4n) is 1.53. The molecule has 0 aliphatic carbocycles. The molecule has 0 radical (unpaired) electrons. The highest BCUT2D eigenvalue weighted by atomic mass is 32.2. The molecule has 0 saturated heterocycles. The van der Waals surface area contributed by atoms with Crippen molar-refractivity contribution in [3.8, 4) is 0 Å². The lowest BCUT2D eigenvalue weighted by molar-refractivity contribution is -0.387. The van der Waals surface area contributed by atoms with Crippen LogP contribution in [0.25, 0.3) is 0 Å². The van der Waals surface area contributed by atoms with Crippen molar-refractivity contribution in [3.63, 3.8) is 0 Å². The van der Waals surface area contributed by atoms with Crippen LogP contribution in [0.5, 0.6) is 0 Å². The number of nitro benzene ring substituents is 1. The van der Waals surface area contributed by atoms with E-state index in [2.05, 4.69) is 4.98 Å². The SMILES string of the molecule is Nc1ccc(S(=O)(=O)Nc2ccc(F)cn2)c([N+](=O)[O-])c1. The van der Waals surface area contributed by atoms with E-state index in [0.717, 1.165) is 30.5 Å². The Labute approximate surface area is 118 Å². The number of nitro groups is 1. The maximum atomic E-state index is 12.7. The fourth-order valence-corrected chi connectivity index (χ4v) is 2.70. The van der Waals surface area contributed by atoms with Crippen molar-refractivity contribution in [2.75, 3.05) is 10.5 Å². The number of hydrogen-bond acceptors (Lipinski definition) is 6. The van der Waals surface area contributed by atoms with Gasteiger partial charge in [0, 0.05) is 11.8 Å². The molecule has 8 nitrogen and oxygen atoms in total. The molecule has 110 valence electrons. The van der Waals surface area contributed by atoms with Gasteiger partial charge in [0.1, 0.15) is 11.6 Å². The standard InChI is InChI=1S/C11H9FN4O4S/c12-7-1-4-11(14-6-7)15-21(19,20)10-3-2-8(13)5-9(10)16(17)18/h1-6H,13H2,(H,14,15). The van der Waals surface area contributed by atoms with Crippen LogP contribution in [0.1, 0.15) is 0 Å². The Kier molecular flexibility index (Phi) is 3.72. The molecule has 10 heteroatoms. The highest BCUT2D eigenvalue weighted by Gasteiger charge is 2.26. The number of aromatic nitrogens is 1. The number of anilines is 2. The normalized spacial score (nSPS) is 11.1. The number of rotatable bonds is 4. The van der Waals surface area contributed by atoms with E-state index in [0.29, 0.717) is 0 Å². The molecule has 2 aromatic rings. The molecule has 0 saturated carbocycles. The highest BCUT2D eigenvalue weighted by Crippen LogP contribution is 2.27. The number of sulfonamides is 1. The van der Waals surface area contributed by atoms with Gasteiger partial charge in [-0.05, 0) is 24.3 Å². The summed E-state index contributed by atoms with van der Waals surface area (Å²) in [5.41, 5.74) is 4.80. The van der Waals surface area contributed by atoms with Gasteiger partial charge >= 0.3 is 0 Å². The van der Waals surface area contributed by atoms with Gasteiger partial charge in [-0.2, -0.15) is 0 Å². The van der Waals surface area contributed by atoms with Crippen molar-refractivity contribution in [1.82, 2.24) is 4.98 Å². The van der Waals surface area contributed by atoms with Gasteiger partial charge in [0.15, 0.2) is 4.90 Å². The molecule has 2 rings (SSSR count). The monoisotopic (exact) mass is 312 g/mol. The zero-order chi connectivity index (χ0) is 15.6. The molecule has 0 aliphatic heterocycles. The molecule has 0 fully saturated rings. The predicted molar refractivity (Wildman–Crippen MR) is 72.5 cm³/mol. The first-order valence-corrected chi connectivity index (χ1v) is 6.96. The minimum atomic E-state index is -4.25. The van der Waals surface area contributed by atoms with Gasteiger partial charge in [0.25, 0.3) is 15.7 Å². The molecular formula is C11H9FN4O4S. The number of hydrogen-bond donors (Lipinski definition) is 2. The second kappa shape index (κ2) is 5.32. The summed E-state index contributed by atoms with van der Waals surface area (Å²) in [6.45, 7) is 0. The Balaban J connectivity index is 2.44. The number of benzene rings is 1. The molecule has 0 spiro atoms. The smallest absolute Gasteiger partial charge is 0.291 e. The van der Waals surface area contributed by atoms with E-state index in [1.807, 2.05) is 4.72 Å². The van der Waals surface area contributed by atoms with Crippen molar-refractivity contribution in [2.45, 2.75) is 4.90 Å². The molecule has 21 heavy (non-hydrogen) atoms. The summed E-state index contributed by atoms with van der Waals surface area (Å²) >= 11 is 0. The maximum Gasteiger partial charge on any atom is 0.291 e. The van der Waals surface area contributed by atoms with Crippen LogP contribution >= 0.6 is 0 Å². The van der Waals surface area contributed by atoms with Crippen LogP contribution in [-0.2, 0) is 10.0 Å². The number of nitrogens with zero attached hydrogens (tertiary/aromatic N) is 2. The lowest BCUT2D eigenvalue weighted by atomic mass is 10.3. The van der Waals surface area contributed by atoms with Crippen LogP contribution in [-0.4, -0.2) is 18.3 Å². The van der Waals surface area contributed by atoms with Gasteiger partial charge < -0.3 is 5.73 Å². The van der Waals surface area contributed by atoms with E-state index in [-0.39, 0.29) is 11.5 Å². The molecule has 1 aromatic carbocycles. The van der Waals surface area contributed by atoms with Crippen molar-refractivity contribution in [1.29, 1.82) is 0 Å². The van der Waals surface area contributed by atoms with E-state index >= 15 is 0 Å². The van der Waals surface area contributed by atoms with E-state index in [4.69, 9.17) is 5.73 Å². The van der Waals surface area contributed by atoms with Gasteiger partial charge in [0.2, 0.25) is 0 Å². The average molecular weight is 312 g/mol. The largest absolute Gasteiger partial charge is 0.399 e. The highest BCUT2D eigenvalue weighted by molar-refractivity contribution is 7.92. The van der Waals surface area contributed by atoms with Gasteiger partial charge in [-0.3, -0.25) is 14.8 Å². The van der Waals surface area contributed by atoms with E-state index in [1.54, 1.807) is 0 Å². The summed E-state index contributed by atoms with van der Waals surface area (Å²) in [5.74, 6) is -0.807. The molecule has 0 amide bonds. The Morgan fingerprint density at radius 2 is 2.00 bits per heavy atom. The summed E-state index contributed by atoms with van der Waals surface area (Å²) in [6.07, 6.45) is 0.815. The van der Waals surface area contributed by atoms with Gasteiger partial charge in [0.05, 0.1) is 11.1 Å². The summed E-state index contributed by atoms with van der Waals surface area (Å²) in [4.78, 5) is 13.0. The quantitative estimate of drug-likeness (QED) is 0.500. The van der Waals surface area contributed by atoms with E-state index in [9.17, 15) is 22.9 Å². The first kappa shape index (κ1) is 14.7. The predicted octanol–water partition coefficient (Wildman–Crippen LogP) is 1.51. The fraction of sp³-hybridized carbons (Fsp3) is 0. The average Bonchev–Trinajstić information content (AvgIpc) is 2.40. The minimum absolute atomic E-state index is 0.0561. The lowest BCUT2D eigenvalue weighted by Gasteiger charge is -2.08. The molecule has 0 aliphatic rings. The third-order valence-corrected chi connectivity index (χ3v) is 3.84. The third-order valence-electron chi connectivity index (χ3n) is 2.44. The Bertz CT molecular complexity index is 792. The lowest BCUT2D eigenvalue weighted by Crippen LogP contribution is -2.15. The zero-order valence-electron chi connectivity index (χ0n) is 10.4. The van der Waals surface area contributed by atoms with Crippen molar-refractivity contribution >= 4 is 27.2 Å². The van der Waals surface area contributed by atoms with Crippen molar-refractivity contribution in [2.24, 2.45) is 0 Å². The molecular weight excluding hydrogens is 303 g/mol. The second-order valence-corrected chi connectivity index (χ2v) is 5.60. The Hall–Kier alpha value is -2.75. The van der Waals surface area contributed by atoms with E-state index < -0.39 is 31.3 Å². The van der Waals surface area contributed by atoms with Crippen LogP contribution in [0.4, 0.5) is 21.6 Å². The number of nitrogens with two attached hydrogens (primary N) is 1. The Morgan fingerprint density at radius 1 is 1.29 bits per heavy atom. The number of nitrogen functional groups attached to an aromatic ring is 1. The van der Waals surface area contributed by atoms with Crippen LogP contribution in [0.3, 0.4) is 0 Å². The summed E-state index contributed by atoms with van der Waals surface area (Å²) in [7, 11) is -4.25. The molecule has 0 unspecified atom stereocenters. The van der Waals surface area contributed by atoms with Crippen LogP contribution in [0, 0.1) is 15.9 Å². The van der Waals surface area contributed by atoms with Crippen LogP contribution in [0.2, 0.25) is 0 Å². The Morgan fingerprint density at radius 3 is 2.57 bits per heavy atom.